The molecule has 0 aliphatic carbocycles. The fourth-order valence-electron chi connectivity index (χ4n) is 4.89. The Kier molecular flexibility index (Phi) is 5.87. The van der Waals surface area contributed by atoms with Crippen LogP contribution in [0.5, 0.6) is 11.5 Å². The number of aliphatic hydroxyl groups is 1. The van der Waals surface area contributed by atoms with Crippen molar-refractivity contribution in [3.63, 3.8) is 0 Å². The average molecular weight is 447 g/mol. The van der Waals surface area contributed by atoms with Crippen molar-refractivity contribution in [2.24, 2.45) is 0 Å². The minimum absolute atomic E-state index is 0.0488. The van der Waals surface area contributed by atoms with E-state index in [1.165, 1.54) is 12.1 Å². The number of likely N-dealkylation sites (tertiary alicyclic amines) is 1. The first-order chi connectivity index (χ1) is 16.0. The number of benzene rings is 3. The normalized spacial score (nSPS) is 18.8. The van der Waals surface area contributed by atoms with Gasteiger partial charge in [-0.1, -0.05) is 48.5 Å². The van der Waals surface area contributed by atoms with Crippen molar-refractivity contribution in [2.75, 3.05) is 26.7 Å². The maximum absolute atomic E-state index is 14.1. The first-order valence-electron chi connectivity index (χ1n) is 11.3. The Balaban J connectivity index is 1.51. The van der Waals surface area contributed by atoms with Crippen molar-refractivity contribution < 1.29 is 19.0 Å². The highest BCUT2D eigenvalue weighted by atomic mass is 19.1. The van der Waals surface area contributed by atoms with E-state index in [0.29, 0.717) is 31.0 Å². The van der Waals surface area contributed by atoms with Crippen LogP contribution in [0, 0.1) is 5.82 Å². The van der Waals surface area contributed by atoms with Crippen LogP contribution in [0.4, 0.5) is 4.39 Å². The molecule has 170 valence electrons. The highest BCUT2D eigenvalue weighted by molar-refractivity contribution is 5.90. The standard InChI is InChI=1S/C27H27FN2O3/c1-29(23(17-30-15-14-20(31)16-30)18-10-12-19(28)13-11-18)27(32)26-21-6-2-4-8-24(21)33-25-9-5-3-7-22(25)26/h2-13,20,23,26,31H,14-17H2,1H3/t20-,23+/m0/s1. The van der Waals surface area contributed by atoms with Crippen LogP contribution in [-0.2, 0) is 4.79 Å². The van der Waals surface area contributed by atoms with Gasteiger partial charge in [0.05, 0.1) is 18.1 Å². The Morgan fingerprint density at radius 3 is 2.24 bits per heavy atom. The predicted molar refractivity (Wildman–Crippen MR) is 124 cm³/mol. The zero-order chi connectivity index (χ0) is 22.9. The third-order valence-electron chi connectivity index (χ3n) is 6.68. The Morgan fingerprint density at radius 2 is 1.67 bits per heavy atom. The van der Waals surface area contributed by atoms with Gasteiger partial charge in [0.15, 0.2) is 0 Å². The maximum atomic E-state index is 14.1. The minimum Gasteiger partial charge on any atom is -0.457 e. The molecule has 0 spiro atoms. The van der Waals surface area contributed by atoms with Crippen LogP contribution >= 0.6 is 0 Å². The Bertz CT molecular complexity index is 1100. The Hall–Kier alpha value is -3.22. The molecule has 6 heteroatoms. The summed E-state index contributed by atoms with van der Waals surface area (Å²) in [4.78, 5) is 18.0. The third-order valence-corrected chi connectivity index (χ3v) is 6.68. The number of likely N-dealkylation sites (N-methyl/N-ethyl adjacent to an activating group) is 1. The smallest absolute Gasteiger partial charge is 0.235 e. The van der Waals surface area contributed by atoms with Crippen molar-refractivity contribution in [3.8, 4) is 11.5 Å². The molecular formula is C27H27FN2O3. The molecule has 1 N–H and O–H groups in total. The van der Waals surface area contributed by atoms with Crippen LogP contribution in [0.25, 0.3) is 0 Å². The van der Waals surface area contributed by atoms with E-state index in [1.807, 2.05) is 55.6 Å². The molecule has 1 saturated heterocycles. The fourth-order valence-corrected chi connectivity index (χ4v) is 4.89. The van der Waals surface area contributed by atoms with Gasteiger partial charge in [-0.3, -0.25) is 9.69 Å². The molecule has 5 rings (SSSR count). The molecule has 0 unspecified atom stereocenters. The van der Waals surface area contributed by atoms with Crippen molar-refractivity contribution in [1.82, 2.24) is 9.80 Å². The summed E-state index contributed by atoms with van der Waals surface area (Å²) in [5.74, 6) is 0.513. The highest BCUT2D eigenvalue weighted by Crippen LogP contribution is 2.45. The first kappa shape index (κ1) is 21.6. The molecule has 0 radical (unpaired) electrons. The van der Waals surface area contributed by atoms with Crippen LogP contribution in [0.2, 0.25) is 0 Å². The molecule has 0 aromatic heterocycles. The van der Waals surface area contributed by atoms with E-state index >= 15 is 0 Å². The number of rotatable bonds is 5. The number of ether oxygens (including phenoxy) is 1. The van der Waals surface area contributed by atoms with Gasteiger partial charge in [0, 0.05) is 37.8 Å². The Morgan fingerprint density at radius 1 is 1.06 bits per heavy atom. The van der Waals surface area contributed by atoms with Crippen molar-refractivity contribution in [1.29, 1.82) is 0 Å². The van der Waals surface area contributed by atoms with Gasteiger partial charge in [0.25, 0.3) is 0 Å². The zero-order valence-corrected chi connectivity index (χ0v) is 18.5. The van der Waals surface area contributed by atoms with Gasteiger partial charge >= 0.3 is 0 Å². The second kappa shape index (κ2) is 8.96. The van der Waals surface area contributed by atoms with Crippen LogP contribution < -0.4 is 4.74 Å². The number of para-hydroxylation sites is 2. The number of β-amino-alcohol motifs (C(OH)–C–C–N with tert-alkyl or cyclic N) is 1. The molecule has 5 nitrogen and oxygen atoms in total. The number of halogens is 1. The molecule has 2 atom stereocenters. The summed E-state index contributed by atoms with van der Waals surface area (Å²) >= 11 is 0. The molecule has 2 heterocycles. The van der Waals surface area contributed by atoms with E-state index in [4.69, 9.17) is 4.74 Å². The molecule has 33 heavy (non-hydrogen) atoms. The molecule has 2 aliphatic heterocycles. The molecule has 0 saturated carbocycles. The lowest BCUT2D eigenvalue weighted by atomic mass is 9.86. The first-order valence-corrected chi connectivity index (χ1v) is 11.3. The number of hydrogen-bond donors (Lipinski definition) is 1. The topological polar surface area (TPSA) is 53.0 Å². The SMILES string of the molecule is CN(C(=O)C1c2ccccc2Oc2ccccc21)[C@H](CN1CC[C@H](O)C1)c1ccc(F)cc1. The highest BCUT2D eigenvalue weighted by Gasteiger charge is 2.37. The molecule has 1 amide bonds. The lowest BCUT2D eigenvalue weighted by Crippen LogP contribution is -2.41. The summed E-state index contributed by atoms with van der Waals surface area (Å²) < 4.78 is 19.7. The molecule has 3 aromatic rings. The van der Waals surface area contributed by atoms with E-state index < -0.39 is 5.92 Å². The lowest BCUT2D eigenvalue weighted by Gasteiger charge is -2.36. The van der Waals surface area contributed by atoms with Gasteiger partial charge in [-0.15, -0.1) is 0 Å². The van der Waals surface area contributed by atoms with Crippen LogP contribution in [0.1, 0.15) is 35.1 Å². The van der Waals surface area contributed by atoms with E-state index in [1.54, 1.807) is 17.0 Å². The monoisotopic (exact) mass is 446 g/mol. The quantitative estimate of drug-likeness (QED) is 0.634. The maximum Gasteiger partial charge on any atom is 0.235 e. The number of nitrogens with zero attached hydrogens (tertiary/aromatic N) is 2. The molecular weight excluding hydrogens is 419 g/mol. The van der Waals surface area contributed by atoms with Crippen LogP contribution in [-0.4, -0.2) is 53.6 Å². The fraction of sp³-hybridized carbons (Fsp3) is 0.296. The second-order valence-corrected chi connectivity index (χ2v) is 8.83. The van der Waals surface area contributed by atoms with Gasteiger partial charge in [0.2, 0.25) is 5.91 Å². The summed E-state index contributed by atoms with van der Waals surface area (Å²) in [6, 6.07) is 21.3. The number of hydrogen-bond acceptors (Lipinski definition) is 4. The number of carbonyl (C=O) groups is 1. The van der Waals surface area contributed by atoms with E-state index in [-0.39, 0.29) is 23.9 Å². The van der Waals surface area contributed by atoms with E-state index in [9.17, 15) is 14.3 Å². The van der Waals surface area contributed by atoms with E-state index in [0.717, 1.165) is 23.2 Å². The summed E-state index contributed by atoms with van der Waals surface area (Å²) in [7, 11) is 1.81. The van der Waals surface area contributed by atoms with Crippen molar-refractivity contribution >= 4 is 5.91 Å². The van der Waals surface area contributed by atoms with Gasteiger partial charge in [-0.2, -0.15) is 0 Å². The van der Waals surface area contributed by atoms with Gasteiger partial charge < -0.3 is 14.7 Å². The van der Waals surface area contributed by atoms with Crippen molar-refractivity contribution in [3.05, 3.63) is 95.3 Å². The molecule has 1 fully saturated rings. The van der Waals surface area contributed by atoms with Crippen molar-refractivity contribution in [2.45, 2.75) is 24.5 Å². The second-order valence-electron chi connectivity index (χ2n) is 8.83. The molecule has 3 aromatic carbocycles. The predicted octanol–water partition coefficient (Wildman–Crippen LogP) is 4.33. The molecule has 0 bridgehead atoms. The van der Waals surface area contributed by atoms with E-state index in [2.05, 4.69) is 4.90 Å². The summed E-state index contributed by atoms with van der Waals surface area (Å²) in [6.07, 6.45) is 0.364. The largest absolute Gasteiger partial charge is 0.457 e. The third kappa shape index (κ3) is 4.24. The molecule has 2 aliphatic rings. The average Bonchev–Trinajstić information content (AvgIpc) is 3.25. The Labute approximate surface area is 193 Å². The summed E-state index contributed by atoms with van der Waals surface area (Å²) in [5, 5.41) is 10.0. The minimum atomic E-state index is -0.497. The number of amides is 1. The summed E-state index contributed by atoms with van der Waals surface area (Å²) in [5.41, 5.74) is 2.53. The lowest BCUT2D eigenvalue weighted by molar-refractivity contribution is -0.133. The van der Waals surface area contributed by atoms with Gasteiger partial charge in [-0.25, -0.2) is 4.39 Å². The summed E-state index contributed by atoms with van der Waals surface area (Å²) in [6.45, 7) is 1.91. The number of aliphatic hydroxyl groups excluding tert-OH is 1. The number of fused-ring (bicyclic) bond motifs is 2. The van der Waals surface area contributed by atoms with Gasteiger partial charge in [-0.05, 0) is 36.2 Å². The number of carbonyl (C=O) groups excluding carboxylic acids is 1. The zero-order valence-electron chi connectivity index (χ0n) is 18.5. The van der Waals surface area contributed by atoms with Crippen LogP contribution in [0.3, 0.4) is 0 Å². The van der Waals surface area contributed by atoms with Gasteiger partial charge in [0.1, 0.15) is 17.3 Å². The van der Waals surface area contributed by atoms with Crippen LogP contribution in [0.15, 0.2) is 72.8 Å².